The number of aromatic nitrogens is 2. The normalized spacial score (nSPS) is 22.3. The van der Waals surface area contributed by atoms with E-state index < -0.39 is 0 Å². The number of rotatable bonds is 4. The smallest absolute Gasteiger partial charge is 0.229 e. The maximum Gasteiger partial charge on any atom is 0.229 e. The maximum absolute atomic E-state index is 4.91. The van der Waals surface area contributed by atoms with E-state index in [0.717, 1.165) is 29.5 Å². The molecule has 1 aliphatic heterocycles. The van der Waals surface area contributed by atoms with Gasteiger partial charge in [0.15, 0.2) is 0 Å². The minimum atomic E-state index is 0.576. The lowest BCUT2D eigenvalue weighted by Crippen LogP contribution is -2.46. The minimum absolute atomic E-state index is 0.576. The van der Waals surface area contributed by atoms with E-state index in [-0.39, 0.29) is 0 Å². The highest BCUT2D eigenvalue weighted by Crippen LogP contribution is 2.37. The topological polar surface area (TPSA) is 41.1 Å². The molecule has 2 atom stereocenters. The third-order valence-corrected chi connectivity index (χ3v) is 5.74. The Labute approximate surface area is 156 Å². The molecule has 2 heterocycles. The molecule has 0 amide bonds. The van der Waals surface area contributed by atoms with Crippen molar-refractivity contribution in [1.29, 1.82) is 0 Å². The zero-order valence-corrected chi connectivity index (χ0v) is 15.7. The summed E-state index contributed by atoms with van der Waals surface area (Å²) >= 11 is 0. The Kier molecular flexibility index (Phi) is 4.91. The van der Waals surface area contributed by atoms with Gasteiger partial charge in [-0.2, -0.15) is 4.98 Å². The first-order valence-corrected chi connectivity index (χ1v) is 9.84. The van der Waals surface area contributed by atoms with Crippen LogP contribution in [0.5, 0.6) is 0 Å². The summed E-state index contributed by atoms with van der Waals surface area (Å²) in [6.07, 6.45) is 11.6. The first kappa shape index (κ1) is 17.1. The number of hydrogen-bond donors (Lipinski definition) is 1. The Bertz CT molecular complexity index is 769. The van der Waals surface area contributed by atoms with E-state index in [1.165, 1.54) is 25.7 Å². The van der Waals surface area contributed by atoms with E-state index in [1.807, 2.05) is 36.5 Å². The molecule has 136 valence electrons. The molecule has 0 spiro atoms. The predicted molar refractivity (Wildman–Crippen MR) is 109 cm³/mol. The molecule has 0 bridgehead atoms. The van der Waals surface area contributed by atoms with Gasteiger partial charge in [0.1, 0.15) is 5.82 Å². The Morgan fingerprint density at radius 1 is 1.12 bits per heavy atom. The lowest BCUT2D eigenvalue weighted by Gasteiger charge is -2.43. The highest BCUT2D eigenvalue weighted by atomic mass is 15.3. The largest absolute Gasteiger partial charge is 0.349 e. The number of benzene rings is 1. The van der Waals surface area contributed by atoms with Crippen molar-refractivity contribution >= 4 is 23.5 Å². The van der Waals surface area contributed by atoms with Crippen LogP contribution >= 0.6 is 0 Å². The first-order chi connectivity index (χ1) is 12.7. The van der Waals surface area contributed by atoms with E-state index in [0.29, 0.717) is 17.9 Å². The fourth-order valence-electron chi connectivity index (χ4n) is 4.42. The molecule has 1 fully saturated rings. The van der Waals surface area contributed by atoms with Crippen LogP contribution in [0.4, 0.5) is 17.5 Å². The van der Waals surface area contributed by atoms with Crippen molar-refractivity contribution in [1.82, 2.24) is 9.97 Å². The van der Waals surface area contributed by atoms with Crippen LogP contribution in [0.2, 0.25) is 0 Å². The zero-order valence-electron chi connectivity index (χ0n) is 15.7. The number of para-hydroxylation sites is 1. The van der Waals surface area contributed by atoms with E-state index in [2.05, 4.69) is 41.2 Å². The fourth-order valence-corrected chi connectivity index (χ4v) is 4.42. The average molecular weight is 348 g/mol. The summed E-state index contributed by atoms with van der Waals surface area (Å²) in [6.45, 7) is 5.68. The summed E-state index contributed by atoms with van der Waals surface area (Å²) in [5.41, 5.74) is 2.14. The van der Waals surface area contributed by atoms with Gasteiger partial charge in [-0.1, -0.05) is 57.0 Å². The minimum Gasteiger partial charge on any atom is -0.349 e. The van der Waals surface area contributed by atoms with E-state index >= 15 is 0 Å². The molecule has 1 aliphatic carbocycles. The van der Waals surface area contributed by atoms with Gasteiger partial charge in [-0.3, -0.25) is 0 Å². The predicted octanol–water partition coefficient (Wildman–Crippen LogP) is 5.27. The van der Waals surface area contributed by atoms with Crippen molar-refractivity contribution in [2.24, 2.45) is 11.8 Å². The number of anilines is 3. The monoisotopic (exact) mass is 348 g/mol. The van der Waals surface area contributed by atoms with Crippen LogP contribution in [-0.4, -0.2) is 22.6 Å². The molecule has 1 N–H and O–H groups in total. The summed E-state index contributed by atoms with van der Waals surface area (Å²) in [4.78, 5) is 12.0. The van der Waals surface area contributed by atoms with E-state index in [9.17, 15) is 0 Å². The van der Waals surface area contributed by atoms with Crippen LogP contribution in [0.25, 0.3) is 6.08 Å². The number of nitrogens with one attached hydrogen (secondary N) is 1. The molecular formula is C22H28N4. The van der Waals surface area contributed by atoms with Crippen LogP contribution in [0.1, 0.15) is 45.1 Å². The Morgan fingerprint density at radius 2 is 1.92 bits per heavy atom. The van der Waals surface area contributed by atoms with Crippen molar-refractivity contribution in [2.45, 2.75) is 45.6 Å². The van der Waals surface area contributed by atoms with Crippen molar-refractivity contribution in [3.8, 4) is 0 Å². The molecule has 2 unspecified atom stereocenters. The lowest BCUT2D eigenvalue weighted by molar-refractivity contribution is 0.230. The highest BCUT2D eigenvalue weighted by Gasteiger charge is 2.34. The SMILES string of the molecule is CC(C)C1CCCCC1N1CC=Cc2cnc(Nc3ccccc3)nc21. The number of nitrogens with zero attached hydrogens (tertiary/aromatic N) is 3. The third kappa shape index (κ3) is 3.46. The van der Waals surface area contributed by atoms with Crippen molar-refractivity contribution < 1.29 is 0 Å². The molecule has 1 saturated carbocycles. The summed E-state index contributed by atoms with van der Waals surface area (Å²) < 4.78 is 0. The van der Waals surface area contributed by atoms with Crippen molar-refractivity contribution in [2.75, 3.05) is 16.8 Å². The van der Waals surface area contributed by atoms with Crippen LogP contribution in [0.15, 0.2) is 42.6 Å². The molecule has 4 heteroatoms. The van der Waals surface area contributed by atoms with Gasteiger partial charge < -0.3 is 10.2 Å². The van der Waals surface area contributed by atoms with Gasteiger partial charge in [0, 0.05) is 30.0 Å². The van der Waals surface area contributed by atoms with Gasteiger partial charge in [-0.15, -0.1) is 0 Å². The Morgan fingerprint density at radius 3 is 2.73 bits per heavy atom. The molecule has 1 aromatic carbocycles. The molecule has 2 aliphatic rings. The summed E-state index contributed by atoms with van der Waals surface area (Å²) in [7, 11) is 0. The van der Waals surface area contributed by atoms with Gasteiger partial charge in [0.05, 0.1) is 0 Å². The van der Waals surface area contributed by atoms with Crippen LogP contribution in [0, 0.1) is 11.8 Å². The van der Waals surface area contributed by atoms with Crippen molar-refractivity contribution in [3.05, 3.63) is 48.2 Å². The van der Waals surface area contributed by atoms with Crippen LogP contribution in [0.3, 0.4) is 0 Å². The van der Waals surface area contributed by atoms with Crippen LogP contribution in [-0.2, 0) is 0 Å². The van der Waals surface area contributed by atoms with E-state index in [1.54, 1.807) is 0 Å². The number of hydrogen-bond acceptors (Lipinski definition) is 4. The van der Waals surface area contributed by atoms with Crippen molar-refractivity contribution in [3.63, 3.8) is 0 Å². The standard InChI is InChI=1S/C22H28N4/c1-16(2)19-12-6-7-13-20(19)26-14-8-9-17-15-23-22(25-21(17)26)24-18-10-4-3-5-11-18/h3-5,8-11,15-16,19-20H,6-7,12-14H2,1-2H3,(H,23,24,25). The van der Waals surface area contributed by atoms with Gasteiger partial charge in [-0.25, -0.2) is 4.98 Å². The molecule has 0 saturated heterocycles. The van der Waals surface area contributed by atoms with Gasteiger partial charge in [0.25, 0.3) is 0 Å². The second-order valence-corrected chi connectivity index (χ2v) is 7.78. The van der Waals surface area contributed by atoms with Gasteiger partial charge in [-0.05, 0) is 36.8 Å². The Hall–Kier alpha value is -2.36. The molecule has 0 radical (unpaired) electrons. The third-order valence-electron chi connectivity index (χ3n) is 5.74. The molecular weight excluding hydrogens is 320 g/mol. The quantitative estimate of drug-likeness (QED) is 0.817. The maximum atomic E-state index is 4.91. The molecule has 4 rings (SSSR count). The lowest BCUT2D eigenvalue weighted by atomic mass is 9.77. The summed E-state index contributed by atoms with van der Waals surface area (Å²) in [6, 6.07) is 10.7. The molecule has 4 nitrogen and oxygen atoms in total. The summed E-state index contributed by atoms with van der Waals surface area (Å²) in [5, 5.41) is 3.34. The first-order valence-electron chi connectivity index (χ1n) is 9.84. The summed E-state index contributed by atoms with van der Waals surface area (Å²) in [5.74, 6) is 3.20. The average Bonchev–Trinajstić information content (AvgIpc) is 2.68. The van der Waals surface area contributed by atoms with Gasteiger partial charge in [0.2, 0.25) is 5.95 Å². The van der Waals surface area contributed by atoms with Crippen LogP contribution < -0.4 is 10.2 Å². The molecule has 26 heavy (non-hydrogen) atoms. The highest BCUT2D eigenvalue weighted by molar-refractivity contribution is 5.69. The fraction of sp³-hybridized carbons (Fsp3) is 0.455. The number of fused-ring (bicyclic) bond motifs is 1. The molecule has 1 aromatic heterocycles. The van der Waals surface area contributed by atoms with E-state index in [4.69, 9.17) is 4.98 Å². The molecule has 2 aromatic rings. The Balaban J connectivity index is 1.64. The second-order valence-electron chi connectivity index (χ2n) is 7.78. The zero-order chi connectivity index (χ0) is 17.9. The van der Waals surface area contributed by atoms with Gasteiger partial charge >= 0.3 is 0 Å². The second kappa shape index (κ2) is 7.48.